The van der Waals surface area contributed by atoms with Crippen molar-refractivity contribution in [3.05, 3.63) is 29.5 Å². The Morgan fingerprint density at radius 2 is 2.18 bits per heavy atom. The molecule has 1 atom stereocenters. The Morgan fingerprint density at radius 3 is 2.82 bits per heavy atom. The number of nitrogens with zero attached hydrogens (tertiary/aromatic N) is 2. The summed E-state index contributed by atoms with van der Waals surface area (Å²) in [4.78, 5) is 29.5. The molecule has 0 spiro atoms. The highest BCUT2D eigenvalue weighted by Gasteiger charge is 2.25. The van der Waals surface area contributed by atoms with Gasteiger partial charge in [0.2, 0.25) is 0 Å². The van der Waals surface area contributed by atoms with Crippen LogP contribution in [0.5, 0.6) is 5.75 Å². The van der Waals surface area contributed by atoms with Gasteiger partial charge in [0.15, 0.2) is 0 Å². The number of carbonyl (C=O) groups excluding carboxylic acids is 1. The van der Waals surface area contributed by atoms with E-state index in [4.69, 9.17) is 15.6 Å². The number of carbonyl (C=O) groups is 2. The van der Waals surface area contributed by atoms with Crippen molar-refractivity contribution in [2.75, 3.05) is 25.1 Å². The van der Waals surface area contributed by atoms with Crippen LogP contribution in [0, 0.1) is 11.8 Å². The maximum atomic E-state index is 11.8. The number of benzene rings is 1. The molecule has 28 heavy (non-hydrogen) atoms. The molecule has 2 amide bonds. The van der Waals surface area contributed by atoms with Gasteiger partial charge in [-0.05, 0) is 31.9 Å². The number of carboxylic acid groups (broad SMARTS) is 1. The van der Waals surface area contributed by atoms with Gasteiger partial charge in [-0.15, -0.1) is 5.92 Å². The summed E-state index contributed by atoms with van der Waals surface area (Å²) < 4.78 is 5.36. The van der Waals surface area contributed by atoms with E-state index in [1.54, 1.807) is 25.3 Å². The van der Waals surface area contributed by atoms with Crippen LogP contribution in [0.3, 0.4) is 0 Å². The monoisotopic (exact) mass is 382 g/mol. The first-order chi connectivity index (χ1) is 13.4. The van der Waals surface area contributed by atoms with Crippen LogP contribution in [0.25, 0.3) is 10.8 Å². The van der Waals surface area contributed by atoms with E-state index in [-0.39, 0.29) is 11.6 Å². The second-order valence-corrected chi connectivity index (χ2v) is 6.57. The maximum absolute atomic E-state index is 11.8. The first-order valence-corrected chi connectivity index (χ1v) is 8.92. The molecule has 8 nitrogen and oxygen atoms in total. The minimum absolute atomic E-state index is 0.176. The lowest BCUT2D eigenvalue weighted by Gasteiger charge is -2.34. The highest BCUT2D eigenvalue weighted by Crippen LogP contribution is 2.34. The quantitative estimate of drug-likeness (QED) is 0.696. The molecule has 1 fully saturated rings. The molecule has 0 bridgehead atoms. The highest BCUT2D eigenvalue weighted by atomic mass is 16.5. The van der Waals surface area contributed by atoms with Crippen molar-refractivity contribution in [1.29, 1.82) is 0 Å². The molecular weight excluding hydrogens is 360 g/mol. The van der Waals surface area contributed by atoms with Crippen molar-refractivity contribution in [3.63, 3.8) is 0 Å². The summed E-state index contributed by atoms with van der Waals surface area (Å²) in [7, 11) is 1.48. The molecule has 146 valence electrons. The van der Waals surface area contributed by atoms with Gasteiger partial charge < -0.3 is 25.8 Å². The molecule has 4 N–H and O–H groups in total. The largest absolute Gasteiger partial charge is 0.496 e. The lowest BCUT2D eigenvalue weighted by atomic mass is 10.0. The fourth-order valence-electron chi connectivity index (χ4n) is 3.56. The first-order valence-electron chi connectivity index (χ1n) is 8.92. The number of anilines is 1. The number of nitrogens with two attached hydrogens (primary N) is 1. The number of hydrogen-bond acceptors (Lipinski definition) is 5. The Morgan fingerprint density at radius 1 is 1.39 bits per heavy atom. The van der Waals surface area contributed by atoms with Gasteiger partial charge in [0, 0.05) is 36.1 Å². The number of amides is 2. The predicted octanol–water partition coefficient (Wildman–Crippen LogP) is 1.95. The Bertz CT molecular complexity index is 993. The number of piperidine rings is 1. The zero-order valence-corrected chi connectivity index (χ0v) is 15.8. The predicted molar refractivity (Wildman–Crippen MR) is 106 cm³/mol. The number of nitrogens with one attached hydrogen (secondary N) is 1. The summed E-state index contributed by atoms with van der Waals surface area (Å²) in [5.41, 5.74) is 6.46. The molecule has 1 aliphatic rings. The molecule has 0 saturated carbocycles. The van der Waals surface area contributed by atoms with E-state index in [0.717, 1.165) is 30.2 Å². The number of methoxy groups -OCH3 is 1. The van der Waals surface area contributed by atoms with Gasteiger partial charge in [-0.2, -0.15) is 0 Å². The lowest BCUT2D eigenvalue weighted by molar-refractivity contribution is 0.0997. The van der Waals surface area contributed by atoms with Gasteiger partial charge in [0.1, 0.15) is 11.6 Å². The highest BCUT2D eigenvalue weighted by molar-refractivity contribution is 6.05. The van der Waals surface area contributed by atoms with Gasteiger partial charge in [-0.25, -0.2) is 9.78 Å². The van der Waals surface area contributed by atoms with Crippen LogP contribution in [0.1, 0.15) is 35.7 Å². The summed E-state index contributed by atoms with van der Waals surface area (Å²) in [6, 6.07) is 3.25. The van der Waals surface area contributed by atoms with E-state index in [9.17, 15) is 9.59 Å². The second-order valence-electron chi connectivity index (χ2n) is 6.57. The zero-order valence-electron chi connectivity index (χ0n) is 15.8. The third-order valence-corrected chi connectivity index (χ3v) is 4.76. The molecule has 0 aliphatic carbocycles. The smallest absolute Gasteiger partial charge is 0.404 e. The van der Waals surface area contributed by atoms with Crippen LogP contribution in [-0.2, 0) is 0 Å². The van der Waals surface area contributed by atoms with E-state index >= 15 is 0 Å². The minimum atomic E-state index is -1.04. The van der Waals surface area contributed by atoms with Crippen LogP contribution >= 0.6 is 0 Å². The molecule has 1 aromatic carbocycles. The number of rotatable bonds is 4. The number of aromatic nitrogens is 1. The number of hydrogen-bond donors (Lipinski definition) is 3. The molecule has 1 aliphatic heterocycles. The topological polar surface area (TPSA) is 118 Å². The van der Waals surface area contributed by atoms with E-state index in [2.05, 4.69) is 22.1 Å². The van der Waals surface area contributed by atoms with Crippen molar-refractivity contribution >= 4 is 28.6 Å². The SMILES string of the molecule is CC#Cc1cnc(N2CCC[C@H](NC(=O)O)C2)c2cc(OC)c(C(N)=O)cc12. The molecule has 2 aromatic rings. The Balaban J connectivity index is 2.14. The number of primary amides is 1. The fourth-order valence-corrected chi connectivity index (χ4v) is 3.56. The van der Waals surface area contributed by atoms with Gasteiger partial charge in [-0.3, -0.25) is 4.79 Å². The summed E-state index contributed by atoms with van der Waals surface area (Å²) in [5, 5.41) is 13.1. The third kappa shape index (κ3) is 3.78. The number of fused-ring (bicyclic) bond motifs is 1. The fraction of sp³-hybridized carbons (Fsp3) is 0.350. The Kier molecular flexibility index (Phi) is 5.54. The van der Waals surface area contributed by atoms with Gasteiger partial charge >= 0.3 is 6.09 Å². The van der Waals surface area contributed by atoms with Crippen molar-refractivity contribution in [2.24, 2.45) is 5.73 Å². The van der Waals surface area contributed by atoms with Crippen molar-refractivity contribution in [3.8, 4) is 17.6 Å². The number of pyridine rings is 1. The van der Waals surface area contributed by atoms with Gasteiger partial charge in [0.25, 0.3) is 5.91 Å². The minimum Gasteiger partial charge on any atom is -0.496 e. The van der Waals surface area contributed by atoms with Crippen LogP contribution in [-0.4, -0.2) is 48.3 Å². The summed E-state index contributed by atoms with van der Waals surface area (Å²) in [5.74, 6) is 6.33. The maximum Gasteiger partial charge on any atom is 0.404 e. The van der Waals surface area contributed by atoms with Gasteiger partial charge in [-0.1, -0.05) is 5.92 Å². The van der Waals surface area contributed by atoms with Crippen LogP contribution in [0.4, 0.5) is 10.6 Å². The molecule has 1 saturated heterocycles. The Labute approximate surface area is 162 Å². The summed E-state index contributed by atoms with van der Waals surface area (Å²) >= 11 is 0. The van der Waals surface area contributed by atoms with Crippen molar-refractivity contribution in [2.45, 2.75) is 25.8 Å². The van der Waals surface area contributed by atoms with Gasteiger partial charge in [0.05, 0.1) is 18.2 Å². The molecule has 0 radical (unpaired) electrons. The average Bonchev–Trinajstić information content (AvgIpc) is 2.67. The van der Waals surface area contributed by atoms with Crippen molar-refractivity contribution < 1.29 is 19.4 Å². The van der Waals surface area contributed by atoms with E-state index < -0.39 is 12.0 Å². The average molecular weight is 382 g/mol. The standard InChI is InChI=1S/C20H22N4O4/c1-3-5-12-10-22-19(24-7-4-6-13(11-24)23-20(26)27)15-9-17(28-2)16(18(21)25)8-14(12)15/h8-10,13,23H,4,6-7,11H2,1-2H3,(H2,21,25)(H,26,27)/t13-/m0/s1. The summed E-state index contributed by atoms with van der Waals surface area (Å²) in [6.45, 7) is 2.98. The molecule has 2 heterocycles. The van der Waals surface area contributed by atoms with E-state index in [0.29, 0.717) is 23.7 Å². The molecule has 8 heteroatoms. The first kappa shape index (κ1) is 19.3. The summed E-state index contributed by atoms with van der Waals surface area (Å²) in [6.07, 6.45) is 2.24. The normalized spacial score (nSPS) is 16.2. The molecular formula is C20H22N4O4. The molecule has 1 aromatic heterocycles. The van der Waals surface area contributed by atoms with Crippen molar-refractivity contribution in [1.82, 2.24) is 10.3 Å². The lowest BCUT2D eigenvalue weighted by Crippen LogP contribution is -2.47. The molecule has 0 unspecified atom stereocenters. The van der Waals surface area contributed by atoms with Crippen LogP contribution in [0.2, 0.25) is 0 Å². The van der Waals surface area contributed by atoms with Crippen LogP contribution < -0.4 is 20.7 Å². The molecule has 3 rings (SSSR count). The third-order valence-electron chi connectivity index (χ3n) is 4.76. The second kappa shape index (κ2) is 8.05. The Hall–Kier alpha value is -3.47. The van der Waals surface area contributed by atoms with E-state index in [1.807, 2.05) is 4.90 Å². The van der Waals surface area contributed by atoms with E-state index in [1.165, 1.54) is 7.11 Å². The zero-order chi connectivity index (χ0) is 20.3. The van der Waals surface area contributed by atoms with Crippen LogP contribution in [0.15, 0.2) is 18.3 Å². The number of ether oxygens (including phenoxy) is 1.